The van der Waals surface area contributed by atoms with Crippen molar-refractivity contribution in [3.8, 4) is 5.75 Å². The molecule has 0 aliphatic heterocycles. The number of rotatable bonds is 13. The number of hydrogen-bond donors (Lipinski definition) is 1. The molecule has 1 N–H and O–H groups in total. The lowest BCUT2D eigenvalue weighted by Gasteiger charge is -2.34. The van der Waals surface area contributed by atoms with Gasteiger partial charge in [-0.05, 0) is 61.9 Å². The van der Waals surface area contributed by atoms with Crippen LogP contribution in [-0.4, -0.2) is 51.4 Å². The van der Waals surface area contributed by atoms with Crippen LogP contribution in [0.3, 0.4) is 0 Å². The first-order chi connectivity index (χ1) is 21.1. The smallest absolute Gasteiger partial charge is 0.264 e. The highest BCUT2D eigenvalue weighted by atomic mass is 32.2. The zero-order chi connectivity index (χ0) is 31.7. The van der Waals surface area contributed by atoms with E-state index in [0.717, 1.165) is 15.4 Å². The molecule has 230 valence electrons. The van der Waals surface area contributed by atoms with Crippen LogP contribution in [0.15, 0.2) is 108 Å². The van der Waals surface area contributed by atoms with Crippen LogP contribution in [0.25, 0.3) is 0 Å². The minimum absolute atomic E-state index is 0.00284. The van der Waals surface area contributed by atoms with Crippen molar-refractivity contribution in [1.82, 2.24) is 10.2 Å². The summed E-state index contributed by atoms with van der Waals surface area (Å²) in [5.74, 6) is -1.14. The zero-order valence-corrected chi connectivity index (χ0v) is 25.8. The number of anilines is 1. The highest BCUT2D eigenvalue weighted by molar-refractivity contribution is 7.92. The van der Waals surface area contributed by atoms with Crippen LogP contribution in [0.5, 0.6) is 5.75 Å². The van der Waals surface area contributed by atoms with Crippen molar-refractivity contribution in [2.75, 3.05) is 24.5 Å². The number of nitrogens with zero attached hydrogens (tertiary/aromatic N) is 2. The van der Waals surface area contributed by atoms with Crippen LogP contribution in [-0.2, 0) is 32.6 Å². The number of methoxy groups -OCH3 is 1. The third kappa shape index (κ3) is 7.82. The number of carbonyl (C=O) groups excluding carboxylic acids is 2. The summed E-state index contributed by atoms with van der Waals surface area (Å²) in [5, 5.41) is 2.79. The van der Waals surface area contributed by atoms with Gasteiger partial charge in [0.15, 0.2) is 0 Å². The van der Waals surface area contributed by atoms with Gasteiger partial charge in [-0.3, -0.25) is 13.9 Å². The number of carbonyl (C=O) groups is 2. The van der Waals surface area contributed by atoms with Crippen molar-refractivity contribution in [3.63, 3.8) is 0 Å². The van der Waals surface area contributed by atoms with E-state index in [1.165, 1.54) is 42.3 Å². The fraction of sp³-hybridized carbons (Fsp3) is 0.235. The number of sulfonamides is 1. The van der Waals surface area contributed by atoms with Gasteiger partial charge in [0.25, 0.3) is 10.0 Å². The topological polar surface area (TPSA) is 96.0 Å². The standard InChI is InChI=1S/C34H36FN3O5S/c1-4-36-34(40)32(22-26-10-6-5-7-11-26)37(23-27-12-8-9-13-31(27)35)33(39)24-38(28-16-18-29(43-3)19-17-28)44(41,42)30-20-14-25(2)15-21-30/h5-21,32H,4,22-24H2,1-3H3,(H,36,40). The summed E-state index contributed by atoms with van der Waals surface area (Å²) in [5.41, 5.74) is 2.08. The Morgan fingerprint density at radius 1 is 0.886 bits per heavy atom. The average Bonchev–Trinajstić information content (AvgIpc) is 3.03. The van der Waals surface area contributed by atoms with Crippen LogP contribution >= 0.6 is 0 Å². The molecular weight excluding hydrogens is 581 g/mol. The quantitative estimate of drug-likeness (QED) is 0.225. The minimum Gasteiger partial charge on any atom is -0.497 e. The Kier molecular flexibility index (Phi) is 10.7. The number of halogens is 1. The minimum atomic E-state index is -4.24. The van der Waals surface area contributed by atoms with E-state index in [2.05, 4.69) is 5.32 Å². The Morgan fingerprint density at radius 3 is 2.14 bits per heavy atom. The lowest BCUT2D eigenvalue weighted by molar-refractivity contribution is -0.140. The SMILES string of the molecule is CCNC(=O)C(Cc1ccccc1)N(Cc1ccccc1F)C(=O)CN(c1ccc(OC)cc1)S(=O)(=O)c1ccc(C)cc1. The van der Waals surface area contributed by atoms with E-state index < -0.39 is 40.2 Å². The first-order valence-electron chi connectivity index (χ1n) is 14.2. The van der Waals surface area contributed by atoms with Gasteiger partial charge in [0, 0.05) is 25.1 Å². The van der Waals surface area contributed by atoms with Crippen LogP contribution in [0.1, 0.15) is 23.6 Å². The Morgan fingerprint density at radius 2 is 1.52 bits per heavy atom. The van der Waals surface area contributed by atoms with Crippen molar-refractivity contribution >= 4 is 27.5 Å². The molecule has 10 heteroatoms. The molecule has 0 saturated heterocycles. The van der Waals surface area contributed by atoms with E-state index in [0.29, 0.717) is 12.3 Å². The molecule has 0 aromatic heterocycles. The second kappa shape index (κ2) is 14.7. The number of amides is 2. The molecule has 4 aromatic rings. The third-order valence-corrected chi connectivity index (χ3v) is 8.96. The van der Waals surface area contributed by atoms with Gasteiger partial charge in [0.1, 0.15) is 24.2 Å². The lowest BCUT2D eigenvalue weighted by Crippen LogP contribution is -2.53. The van der Waals surface area contributed by atoms with Gasteiger partial charge in [-0.25, -0.2) is 12.8 Å². The first kappa shape index (κ1) is 32.2. The van der Waals surface area contributed by atoms with Gasteiger partial charge in [-0.15, -0.1) is 0 Å². The molecule has 1 atom stereocenters. The monoisotopic (exact) mass is 617 g/mol. The summed E-state index contributed by atoms with van der Waals surface area (Å²) in [4.78, 5) is 29.1. The number of hydrogen-bond acceptors (Lipinski definition) is 5. The van der Waals surface area contributed by atoms with Crippen molar-refractivity contribution in [1.29, 1.82) is 0 Å². The molecule has 4 aromatic carbocycles. The van der Waals surface area contributed by atoms with E-state index in [4.69, 9.17) is 4.74 Å². The summed E-state index contributed by atoms with van der Waals surface area (Å²) in [7, 11) is -2.75. The average molecular weight is 618 g/mol. The molecule has 0 aliphatic carbocycles. The number of ether oxygens (including phenoxy) is 1. The Balaban J connectivity index is 1.80. The van der Waals surface area contributed by atoms with Crippen molar-refractivity contribution in [3.05, 3.63) is 126 Å². The van der Waals surface area contributed by atoms with Gasteiger partial charge in [0.05, 0.1) is 17.7 Å². The van der Waals surface area contributed by atoms with Crippen LogP contribution in [0, 0.1) is 12.7 Å². The highest BCUT2D eigenvalue weighted by Crippen LogP contribution is 2.27. The molecule has 44 heavy (non-hydrogen) atoms. The van der Waals surface area contributed by atoms with Gasteiger partial charge in [-0.2, -0.15) is 0 Å². The molecule has 1 unspecified atom stereocenters. The van der Waals surface area contributed by atoms with E-state index in [-0.39, 0.29) is 29.1 Å². The number of aryl methyl sites for hydroxylation is 1. The normalized spacial score (nSPS) is 11.8. The molecular formula is C34H36FN3O5S. The molecule has 0 saturated carbocycles. The molecule has 0 spiro atoms. The first-order valence-corrected chi connectivity index (χ1v) is 15.7. The third-order valence-electron chi connectivity index (χ3n) is 7.17. The summed E-state index contributed by atoms with van der Waals surface area (Å²) >= 11 is 0. The maximum Gasteiger partial charge on any atom is 0.264 e. The molecule has 0 bridgehead atoms. The van der Waals surface area contributed by atoms with Gasteiger partial charge in [-0.1, -0.05) is 66.2 Å². The molecule has 0 heterocycles. The fourth-order valence-corrected chi connectivity index (χ4v) is 6.18. The fourth-order valence-electron chi connectivity index (χ4n) is 4.77. The Bertz CT molecular complexity index is 1660. The van der Waals surface area contributed by atoms with Crippen molar-refractivity contribution < 1.29 is 27.1 Å². The summed E-state index contributed by atoms with van der Waals surface area (Å²) < 4.78 is 49.3. The van der Waals surface area contributed by atoms with E-state index in [1.807, 2.05) is 37.3 Å². The molecule has 8 nitrogen and oxygen atoms in total. The van der Waals surface area contributed by atoms with Crippen molar-refractivity contribution in [2.45, 2.75) is 37.8 Å². The molecule has 0 radical (unpaired) electrons. The second-order valence-corrected chi connectivity index (χ2v) is 12.1. The Hall–Kier alpha value is -4.70. The molecule has 0 fully saturated rings. The van der Waals surface area contributed by atoms with Gasteiger partial charge < -0.3 is 15.0 Å². The van der Waals surface area contributed by atoms with Crippen LogP contribution in [0.4, 0.5) is 10.1 Å². The molecule has 0 aliphatic rings. The Labute approximate surface area is 258 Å². The zero-order valence-electron chi connectivity index (χ0n) is 24.9. The van der Waals surface area contributed by atoms with Crippen molar-refractivity contribution in [2.24, 2.45) is 0 Å². The summed E-state index contributed by atoms with van der Waals surface area (Å²) in [6.45, 7) is 3.03. The predicted molar refractivity (Wildman–Crippen MR) is 168 cm³/mol. The van der Waals surface area contributed by atoms with Crippen LogP contribution in [0.2, 0.25) is 0 Å². The van der Waals surface area contributed by atoms with E-state index >= 15 is 0 Å². The second-order valence-electron chi connectivity index (χ2n) is 10.2. The van der Waals surface area contributed by atoms with Gasteiger partial charge >= 0.3 is 0 Å². The highest BCUT2D eigenvalue weighted by Gasteiger charge is 2.34. The van der Waals surface area contributed by atoms with Crippen LogP contribution < -0.4 is 14.4 Å². The maximum atomic E-state index is 14.9. The number of likely N-dealkylation sites (N-methyl/N-ethyl adjacent to an activating group) is 1. The molecule has 2 amide bonds. The predicted octanol–water partition coefficient (Wildman–Crippen LogP) is 5.11. The largest absolute Gasteiger partial charge is 0.497 e. The van der Waals surface area contributed by atoms with E-state index in [1.54, 1.807) is 49.4 Å². The molecule has 4 rings (SSSR count). The lowest BCUT2D eigenvalue weighted by atomic mass is 10.0. The summed E-state index contributed by atoms with van der Waals surface area (Å²) in [6, 6.07) is 26.7. The number of nitrogens with one attached hydrogen (secondary N) is 1. The van der Waals surface area contributed by atoms with E-state index in [9.17, 15) is 22.4 Å². The van der Waals surface area contributed by atoms with Gasteiger partial charge in [0.2, 0.25) is 11.8 Å². The number of benzene rings is 4. The maximum absolute atomic E-state index is 14.9. The summed E-state index contributed by atoms with van der Waals surface area (Å²) in [6.07, 6.45) is 0.139.